The lowest BCUT2D eigenvalue weighted by Gasteiger charge is -2.35. The quantitative estimate of drug-likeness (QED) is 0.806. The van der Waals surface area contributed by atoms with Crippen molar-refractivity contribution in [2.75, 3.05) is 11.4 Å². The molecule has 0 bridgehead atoms. The highest BCUT2D eigenvalue weighted by Gasteiger charge is 2.38. The molecule has 1 fully saturated rings. The maximum absolute atomic E-state index is 8.89. The number of aryl methyl sites for hydroxylation is 1. The zero-order valence-electron chi connectivity index (χ0n) is 11.6. The van der Waals surface area contributed by atoms with Crippen LogP contribution in [0.2, 0.25) is 0 Å². The van der Waals surface area contributed by atoms with Gasteiger partial charge >= 0.3 is 0 Å². The van der Waals surface area contributed by atoms with Crippen LogP contribution in [0.25, 0.3) is 0 Å². The van der Waals surface area contributed by atoms with Crippen LogP contribution in [0.3, 0.4) is 0 Å². The Kier molecular flexibility index (Phi) is 3.61. The summed E-state index contributed by atoms with van der Waals surface area (Å²) in [7, 11) is 0. The van der Waals surface area contributed by atoms with Gasteiger partial charge in [-0.15, -0.1) is 0 Å². The van der Waals surface area contributed by atoms with Crippen molar-refractivity contribution in [2.24, 2.45) is 5.92 Å². The Bertz CT molecular complexity index is 456. The Morgan fingerprint density at radius 1 is 1.39 bits per heavy atom. The van der Waals surface area contributed by atoms with Crippen LogP contribution in [0.5, 0.6) is 0 Å². The molecule has 2 nitrogen and oxygen atoms in total. The van der Waals surface area contributed by atoms with Crippen molar-refractivity contribution in [1.29, 1.82) is 5.26 Å². The first kappa shape index (κ1) is 13.0. The zero-order valence-corrected chi connectivity index (χ0v) is 11.6. The van der Waals surface area contributed by atoms with Crippen LogP contribution < -0.4 is 4.90 Å². The molecule has 1 atom stereocenters. The summed E-state index contributed by atoms with van der Waals surface area (Å²) in [6.45, 7) is 7.79. The predicted molar refractivity (Wildman–Crippen MR) is 75.6 cm³/mol. The maximum Gasteiger partial charge on any atom is 0.0625 e. The fraction of sp³-hybridized carbons (Fsp3) is 0.562. The second kappa shape index (κ2) is 5.02. The van der Waals surface area contributed by atoms with E-state index in [0.717, 1.165) is 19.4 Å². The van der Waals surface area contributed by atoms with E-state index in [1.165, 1.54) is 11.3 Å². The van der Waals surface area contributed by atoms with E-state index in [0.29, 0.717) is 12.3 Å². The van der Waals surface area contributed by atoms with E-state index in [-0.39, 0.29) is 5.54 Å². The fourth-order valence-electron chi connectivity index (χ4n) is 3.15. The maximum atomic E-state index is 8.89. The second-order valence-electron chi connectivity index (χ2n) is 5.84. The SMILES string of the molecule is CCc1ccccc1N1CC(CC#N)CC1(C)C. The molecule has 2 heteroatoms. The Morgan fingerprint density at radius 2 is 2.11 bits per heavy atom. The summed E-state index contributed by atoms with van der Waals surface area (Å²) in [6.07, 6.45) is 2.85. The van der Waals surface area contributed by atoms with Gasteiger partial charge in [0.2, 0.25) is 0 Å². The van der Waals surface area contributed by atoms with Gasteiger partial charge in [0, 0.05) is 24.2 Å². The number of hydrogen-bond acceptors (Lipinski definition) is 2. The predicted octanol–water partition coefficient (Wildman–Crippen LogP) is 3.77. The fourth-order valence-corrected chi connectivity index (χ4v) is 3.15. The van der Waals surface area contributed by atoms with E-state index in [4.69, 9.17) is 5.26 Å². The lowest BCUT2D eigenvalue weighted by molar-refractivity contribution is 0.476. The average molecular weight is 242 g/mol. The average Bonchev–Trinajstić information content (AvgIpc) is 2.64. The standard InChI is InChI=1S/C16H22N2/c1-4-14-7-5-6-8-15(14)18-12-13(9-10-17)11-16(18,2)3/h5-8,13H,4,9,11-12H2,1-3H3. The summed E-state index contributed by atoms with van der Waals surface area (Å²) in [5.41, 5.74) is 2.92. The van der Waals surface area contributed by atoms with E-state index < -0.39 is 0 Å². The van der Waals surface area contributed by atoms with Gasteiger partial charge in [-0.2, -0.15) is 5.26 Å². The third-order valence-corrected chi connectivity index (χ3v) is 4.00. The number of nitrogens with zero attached hydrogens (tertiary/aromatic N) is 2. The number of rotatable bonds is 3. The van der Waals surface area contributed by atoms with Crippen LogP contribution in [0.1, 0.15) is 39.2 Å². The Hall–Kier alpha value is -1.49. The molecule has 0 saturated carbocycles. The Morgan fingerprint density at radius 3 is 2.78 bits per heavy atom. The van der Waals surface area contributed by atoms with Crippen molar-refractivity contribution in [1.82, 2.24) is 0 Å². The summed E-state index contributed by atoms with van der Waals surface area (Å²) in [6, 6.07) is 11.0. The van der Waals surface area contributed by atoms with Crippen molar-refractivity contribution >= 4 is 5.69 Å². The molecule has 0 spiro atoms. The molecule has 0 N–H and O–H groups in total. The normalized spacial score (nSPS) is 21.9. The summed E-state index contributed by atoms with van der Waals surface area (Å²) in [5.74, 6) is 0.509. The molecule has 0 aliphatic carbocycles. The molecule has 1 heterocycles. The largest absolute Gasteiger partial charge is 0.366 e. The highest BCUT2D eigenvalue weighted by Crippen LogP contribution is 2.39. The molecule has 18 heavy (non-hydrogen) atoms. The van der Waals surface area contributed by atoms with Crippen LogP contribution >= 0.6 is 0 Å². The van der Waals surface area contributed by atoms with Crippen LogP contribution in [0.15, 0.2) is 24.3 Å². The van der Waals surface area contributed by atoms with Crippen molar-refractivity contribution in [3.63, 3.8) is 0 Å². The monoisotopic (exact) mass is 242 g/mol. The summed E-state index contributed by atoms with van der Waals surface area (Å²) < 4.78 is 0. The molecule has 1 aliphatic rings. The Balaban J connectivity index is 2.30. The molecule has 1 aliphatic heterocycles. The summed E-state index contributed by atoms with van der Waals surface area (Å²) >= 11 is 0. The van der Waals surface area contributed by atoms with E-state index in [9.17, 15) is 0 Å². The number of hydrogen-bond donors (Lipinski definition) is 0. The van der Waals surface area contributed by atoms with Gasteiger partial charge in [0.25, 0.3) is 0 Å². The van der Waals surface area contributed by atoms with Gasteiger partial charge in [-0.3, -0.25) is 0 Å². The highest BCUT2D eigenvalue weighted by atomic mass is 15.2. The van der Waals surface area contributed by atoms with E-state index in [1.807, 2.05) is 0 Å². The first-order valence-electron chi connectivity index (χ1n) is 6.81. The summed E-state index contributed by atoms with van der Waals surface area (Å²) in [4.78, 5) is 2.49. The zero-order chi connectivity index (χ0) is 13.2. The number of para-hydroxylation sites is 1. The van der Waals surface area contributed by atoms with Crippen LogP contribution in [-0.2, 0) is 6.42 Å². The molecule has 96 valence electrons. The number of nitriles is 1. The minimum absolute atomic E-state index is 0.160. The molecular weight excluding hydrogens is 220 g/mol. The van der Waals surface area contributed by atoms with Gasteiger partial charge in [0.05, 0.1) is 6.07 Å². The summed E-state index contributed by atoms with van der Waals surface area (Å²) in [5, 5.41) is 8.89. The lowest BCUT2D eigenvalue weighted by Crippen LogP contribution is -2.38. The number of benzene rings is 1. The van der Waals surface area contributed by atoms with Gasteiger partial charge in [0.15, 0.2) is 0 Å². The third-order valence-electron chi connectivity index (χ3n) is 4.00. The van der Waals surface area contributed by atoms with Gasteiger partial charge in [-0.05, 0) is 44.2 Å². The van der Waals surface area contributed by atoms with Gasteiger partial charge in [0.1, 0.15) is 0 Å². The van der Waals surface area contributed by atoms with Crippen molar-refractivity contribution in [3.05, 3.63) is 29.8 Å². The molecule has 2 rings (SSSR count). The molecule has 1 aromatic rings. The van der Waals surface area contributed by atoms with E-state index in [2.05, 4.69) is 56.0 Å². The molecule has 1 aromatic carbocycles. The lowest BCUT2D eigenvalue weighted by atomic mass is 9.94. The smallest absolute Gasteiger partial charge is 0.0625 e. The molecule has 0 aromatic heterocycles. The number of anilines is 1. The van der Waals surface area contributed by atoms with Crippen LogP contribution in [0.4, 0.5) is 5.69 Å². The first-order chi connectivity index (χ1) is 8.58. The third kappa shape index (κ3) is 2.36. The molecule has 0 amide bonds. The highest BCUT2D eigenvalue weighted by molar-refractivity contribution is 5.56. The van der Waals surface area contributed by atoms with Crippen LogP contribution in [-0.4, -0.2) is 12.1 Å². The van der Waals surface area contributed by atoms with E-state index in [1.54, 1.807) is 0 Å². The minimum Gasteiger partial charge on any atom is -0.366 e. The van der Waals surface area contributed by atoms with E-state index >= 15 is 0 Å². The first-order valence-corrected chi connectivity index (χ1v) is 6.81. The van der Waals surface area contributed by atoms with Gasteiger partial charge < -0.3 is 4.90 Å². The molecule has 1 unspecified atom stereocenters. The van der Waals surface area contributed by atoms with Crippen molar-refractivity contribution in [3.8, 4) is 6.07 Å². The molecule has 1 saturated heterocycles. The van der Waals surface area contributed by atoms with Gasteiger partial charge in [-0.1, -0.05) is 25.1 Å². The minimum atomic E-state index is 0.160. The van der Waals surface area contributed by atoms with Gasteiger partial charge in [-0.25, -0.2) is 0 Å². The van der Waals surface area contributed by atoms with Crippen molar-refractivity contribution in [2.45, 2.75) is 45.6 Å². The van der Waals surface area contributed by atoms with Crippen LogP contribution in [0, 0.1) is 17.2 Å². The molecular formula is C16H22N2. The Labute approximate surface area is 110 Å². The second-order valence-corrected chi connectivity index (χ2v) is 5.84. The molecule has 0 radical (unpaired) electrons. The topological polar surface area (TPSA) is 27.0 Å². The van der Waals surface area contributed by atoms with Crippen molar-refractivity contribution < 1.29 is 0 Å².